The van der Waals surface area contributed by atoms with Crippen molar-refractivity contribution in [3.63, 3.8) is 0 Å². The third-order valence-corrected chi connectivity index (χ3v) is 3.38. The van der Waals surface area contributed by atoms with Gasteiger partial charge in [-0.05, 0) is 55.0 Å². The highest BCUT2D eigenvalue weighted by Gasteiger charge is 2.12. The van der Waals surface area contributed by atoms with Gasteiger partial charge in [-0.2, -0.15) is 0 Å². The topological polar surface area (TPSA) is 64.6 Å². The first-order valence-corrected chi connectivity index (χ1v) is 7.11. The van der Waals surface area contributed by atoms with Crippen LogP contribution in [-0.4, -0.2) is 18.5 Å². The van der Waals surface area contributed by atoms with E-state index in [9.17, 15) is 9.59 Å². The van der Waals surface area contributed by atoms with E-state index in [1.165, 1.54) is 13.0 Å². The van der Waals surface area contributed by atoms with E-state index in [4.69, 9.17) is 9.47 Å². The monoisotopic (exact) mass is 309 g/mol. The Balaban J connectivity index is 1.63. The van der Waals surface area contributed by atoms with Crippen molar-refractivity contribution in [2.45, 2.75) is 6.92 Å². The normalized spacial score (nSPS) is 12.4. The molecule has 1 amide bonds. The Bertz CT molecular complexity index is 778. The van der Waals surface area contributed by atoms with Gasteiger partial charge in [0.25, 0.3) is 0 Å². The van der Waals surface area contributed by atoms with Gasteiger partial charge in [-0.15, -0.1) is 0 Å². The number of hydrogen-bond acceptors (Lipinski definition) is 4. The summed E-state index contributed by atoms with van der Waals surface area (Å²) in [7, 11) is 0. The smallest absolute Gasteiger partial charge is 0.248 e. The SMILES string of the molecule is CC(=O)c1ccc(NC(=O)/C=C/c2ccc3c(c2)OCO3)cc1. The number of ketones is 1. The van der Waals surface area contributed by atoms with E-state index in [0.717, 1.165) is 5.56 Å². The van der Waals surface area contributed by atoms with Crippen LogP contribution in [0.25, 0.3) is 6.08 Å². The van der Waals surface area contributed by atoms with Gasteiger partial charge >= 0.3 is 0 Å². The van der Waals surface area contributed by atoms with Crippen LogP contribution in [-0.2, 0) is 4.79 Å². The van der Waals surface area contributed by atoms with E-state index in [2.05, 4.69) is 5.32 Å². The number of rotatable bonds is 4. The summed E-state index contributed by atoms with van der Waals surface area (Å²) >= 11 is 0. The van der Waals surface area contributed by atoms with Gasteiger partial charge in [-0.1, -0.05) is 6.07 Å². The van der Waals surface area contributed by atoms with Gasteiger partial charge < -0.3 is 14.8 Å². The summed E-state index contributed by atoms with van der Waals surface area (Å²) in [4.78, 5) is 23.1. The van der Waals surface area contributed by atoms with Crippen molar-refractivity contribution in [1.29, 1.82) is 0 Å². The maximum atomic E-state index is 11.9. The Kier molecular flexibility index (Phi) is 4.10. The average Bonchev–Trinajstić information content (AvgIpc) is 3.01. The van der Waals surface area contributed by atoms with Gasteiger partial charge in [0.2, 0.25) is 12.7 Å². The molecule has 0 saturated heterocycles. The summed E-state index contributed by atoms with van der Waals surface area (Å²) in [5.74, 6) is 1.12. The van der Waals surface area contributed by atoms with Crippen LogP contribution in [0.5, 0.6) is 11.5 Å². The zero-order valence-corrected chi connectivity index (χ0v) is 12.5. The van der Waals surface area contributed by atoms with Crippen molar-refractivity contribution in [3.05, 3.63) is 59.7 Å². The van der Waals surface area contributed by atoms with Crippen molar-refractivity contribution in [1.82, 2.24) is 0 Å². The lowest BCUT2D eigenvalue weighted by Gasteiger charge is -2.03. The molecule has 0 radical (unpaired) electrons. The Morgan fingerprint density at radius 1 is 1.04 bits per heavy atom. The molecule has 0 unspecified atom stereocenters. The Hall–Kier alpha value is -3.08. The minimum atomic E-state index is -0.252. The maximum Gasteiger partial charge on any atom is 0.248 e. The number of nitrogens with one attached hydrogen (secondary N) is 1. The molecule has 5 nitrogen and oxygen atoms in total. The van der Waals surface area contributed by atoms with Crippen molar-refractivity contribution in [2.24, 2.45) is 0 Å². The lowest BCUT2D eigenvalue weighted by Crippen LogP contribution is -2.07. The Morgan fingerprint density at radius 3 is 2.52 bits per heavy atom. The Labute approximate surface area is 133 Å². The summed E-state index contributed by atoms with van der Waals surface area (Å²) in [6.07, 6.45) is 3.14. The number of fused-ring (bicyclic) bond motifs is 1. The molecule has 0 bridgehead atoms. The van der Waals surface area contributed by atoms with E-state index in [1.807, 2.05) is 12.1 Å². The fraction of sp³-hybridized carbons (Fsp3) is 0.111. The molecule has 0 fully saturated rings. The molecular weight excluding hydrogens is 294 g/mol. The van der Waals surface area contributed by atoms with Crippen LogP contribution in [0.4, 0.5) is 5.69 Å². The number of hydrogen-bond donors (Lipinski definition) is 1. The lowest BCUT2D eigenvalue weighted by molar-refractivity contribution is -0.111. The summed E-state index contributed by atoms with van der Waals surface area (Å²) in [5, 5.41) is 2.74. The number of carbonyl (C=O) groups is 2. The van der Waals surface area contributed by atoms with E-state index in [1.54, 1.807) is 36.4 Å². The van der Waals surface area contributed by atoms with Gasteiger partial charge in [0.15, 0.2) is 17.3 Å². The molecule has 2 aromatic carbocycles. The average molecular weight is 309 g/mol. The predicted octanol–water partition coefficient (Wildman–Crippen LogP) is 3.27. The minimum Gasteiger partial charge on any atom is -0.454 e. The zero-order valence-electron chi connectivity index (χ0n) is 12.5. The molecule has 116 valence electrons. The third-order valence-electron chi connectivity index (χ3n) is 3.38. The quantitative estimate of drug-likeness (QED) is 0.695. The minimum absolute atomic E-state index is 0.00872. The standard InChI is InChI=1S/C18H15NO4/c1-12(20)14-4-6-15(7-5-14)19-18(21)9-3-13-2-8-16-17(10-13)23-11-22-16/h2-10H,11H2,1H3,(H,19,21)/b9-3+. The van der Waals surface area contributed by atoms with Gasteiger partial charge in [-0.3, -0.25) is 9.59 Å². The molecule has 0 atom stereocenters. The lowest BCUT2D eigenvalue weighted by atomic mass is 10.1. The van der Waals surface area contributed by atoms with Crippen molar-refractivity contribution in [3.8, 4) is 11.5 Å². The van der Waals surface area contributed by atoms with Gasteiger partial charge in [-0.25, -0.2) is 0 Å². The van der Waals surface area contributed by atoms with Gasteiger partial charge in [0.05, 0.1) is 0 Å². The molecule has 0 saturated carbocycles. The van der Waals surface area contributed by atoms with Crippen LogP contribution in [0.15, 0.2) is 48.5 Å². The van der Waals surface area contributed by atoms with Gasteiger partial charge in [0.1, 0.15) is 0 Å². The molecule has 2 aromatic rings. The van der Waals surface area contributed by atoms with E-state index >= 15 is 0 Å². The highest BCUT2D eigenvalue weighted by atomic mass is 16.7. The first kappa shape index (κ1) is 14.8. The highest BCUT2D eigenvalue weighted by molar-refractivity contribution is 6.02. The van der Waals surface area contributed by atoms with Crippen LogP contribution in [0.3, 0.4) is 0 Å². The van der Waals surface area contributed by atoms with Crippen LogP contribution in [0.2, 0.25) is 0 Å². The van der Waals surface area contributed by atoms with Crippen LogP contribution < -0.4 is 14.8 Å². The zero-order chi connectivity index (χ0) is 16.2. The fourth-order valence-corrected chi connectivity index (χ4v) is 2.16. The summed E-state index contributed by atoms with van der Waals surface area (Å²) in [6.45, 7) is 1.72. The second kappa shape index (κ2) is 6.36. The van der Waals surface area contributed by atoms with E-state index in [-0.39, 0.29) is 18.5 Å². The molecule has 3 rings (SSSR count). The molecular formula is C18H15NO4. The van der Waals surface area contributed by atoms with E-state index < -0.39 is 0 Å². The molecule has 0 aliphatic carbocycles. The van der Waals surface area contributed by atoms with Crippen molar-refractivity contribution >= 4 is 23.5 Å². The number of anilines is 1. The summed E-state index contributed by atoms with van der Waals surface area (Å²) in [5.41, 5.74) is 2.09. The van der Waals surface area contributed by atoms with Crippen LogP contribution in [0, 0.1) is 0 Å². The second-order valence-electron chi connectivity index (χ2n) is 5.07. The largest absolute Gasteiger partial charge is 0.454 e. The fourth-order valence-electron chi connectivity index (χ4n) is 2.16. The number of benzene rings is 2. The van der Waals surface area contributed by atoms with Crippen molar-refractivity contribution < 1.29 is 19.1 Å². The summed E-state index contributed by atoms with van der Waals surface area (Å²) < 4.78 is 10.5. The molecule has 23 heavy (non-hydrogen) atoms. The van der Waals surface area contributed by atoms with Crippen molar-refractivity contribution in [2.75, 3.05) is 12.1 Å². The maximum absolute atomic E-state index is 11.9. The van der Waals surface area contributed by atoms with E-state index in [0.29, 0.717) is 22.7 Å². The first-order valence-electron chi connectivity index (χ1n) is 7.11. The predicted molar refractivity (Wildman–Crippen MR) is 86.7 cm³/mol. The molecule has 1 aliphatic heterocycles. The second-order valence-corrected chi connectivity index (χ2v) is 5.07. The Morgan fingerprint density at radius 2 is 1.78 bits per heavy atom. The number of amides is 1. The molecule has 0 spiro atoms. The van der Waals surface area contributed by atoms with Crippen LogP contribution >= 0.6 is 0 Å². The van der Waals surface area contributed by atoms with Gasteiger partial charge in [0, 0.05) is 17.3 Å². The van der Waals surface area contributed by atoms with Crippen LogP contribution in [0.1, 0.15) is 22.8 Å². The highest BCUT2D eigenvalue weighted by Crippen LogP contribution is 2.32. The number of Topliss-reactive ketones (excluding diaryl/α,β-unsaturated/α-hetero) is 1. The molecule has 1 aliphatic rings. The molecule has 0 aromatic heterocycles. The molecule has 1 heterocycles. The molecule has 1 N–H and O–H groups in total. The molecule has 5 heteroatoms. The summed E-state index contributed by atoms with van der Waals surface area (Å²) in [6, 6.07) is 12.2. The number of carbonyl (C=O) groups excluding carboxylic acids is 2. The first-order chi connectivity index (χ1) is 11.1. The number of ether oxygens (including phenoxy) is 2. The third kappa shape index (κ3) is 3.58.